The van der Waals surface area contributed by atoms with Crippen molar-refractivity contribution in [1.29, 1.82) is 0 Å². The third-order valence-corrected chi connectivity index (χ3v) is 4.38. The van der Waals surface area contributed by atoms with Gasteiger partial charge in [-0.1, -0.05) is 19.1 Å². The molecule has 28 heavy (non-hydrogen) atoms. The molecule has 0 saturated carbocycles. The van der Waals surface area contributed by atoms with Gasteiger partial charge in [0.05, 0.1) is 7.11 Å². The van der Waals surface area contributed by atoms with E-state index in [-0.39, 0.29) is 11.8 Å². The zero-order valence-electron chi connectivity index (χ0n) is 15.9. The Balaban J connectivity index is 1.61. The second-order valence-corrected chi connectivity index (χ2v) is 6.26. The molecular weight excluding hydrogens is 352 g/mol. The Morgan fingerprint density at radius 1 is 0.714 bits per heavy atom. The van der Waals surface area contributed by atoms with Crippen molar-refractivity contribution in [3.63, 3.8) is 0 Å². The topological polar surface area (TPSA) is 67.4 Å². The van der Waals surface area contributed by atoms with Gasteiger partial charge in [-0.15, -0.1) is 0 Å². The molecule has 0 aliphatic heterocycles. The van der Waals surface area contributed by atoms with Crippen LogP contribution in [0.25, 0.3) is 0 Å². The second kappa shape index (κ2) is 8.86. The molecule has 0 aromatic heterocycles. The number of rotatable bonds is 6. The molecule has 3 aromatic rings. The smallest absolute Gasteiger partial charge is 0.255 e. The predicted molar refractivity (Wildman–Crippen MR) is 111 cm³/mol. The first-order valence-electron chi connectivity index (χ1n) is 9.05. The number of carbonyl (C=O) groups is 2. The molecule has 0 aliphatic carbocycles. The molecule has 2 amide bonds. The molecule has 3 aromatic carbocycles. The van der Waals surface area contributed by atoms with Gasteiger partial charge < -0.3 is 15.4 Å². The van der Waals surface area contributed by atoms with Crippen molar-refractivity contribution in [2.45, 2.75) is 13.3 Å². The first kappa shape index (κ1) is 19.2. The van der Waals surface area contributed by atoms with Crippen LogP contribution in [0.5, 0.6) is 5.75 Å². The maximum Gasteiger partial charge on any atom is 0.255 e. The van der Waals surface area contributed by atoms with Crippen LogP contribution < -0.4 is 15.4 Å². The van der Waals surface area contributed by atoms with Crippen molar-refractivity contribution < 1.29 is 14.3 Å². The number of nitrogens with one attached hydrogen (secondary N) is 2. The van der Waals surface area contributed by atoms with E-state index in [0.717, 1.165) is 12.1 Å². The lowest BCUT2D eigenvalue weighted by molar-refractivity contribution is 0.102. The number of hydrogen-bond acceptors (Lipinski definition) is 3. The molecule has 2 N–H and O–H groups in total. The SMILES string of the molecule is CCc1ccc(NC(=O)c2ccc(NC(=O)c3ccc(OC)cc3)cc2)cc1. The van der Waals surface area contributed by atoms with Gasteiger partial charge in [0.2, 0.25) is 0 Å². The summed E-state index contributed by atoms with van der Waals surface area (Å²) in [5, 5.41) is 5.68. The van der Waals surface area contributed by atoms with Gasteiger partial charge in [-0.3, -0.25) is 9.59 Å². The third-order valence-electron chi connectivity index (χ3n) is 4.38. The van der Waals surface area contributed by atoms with Crippen LogP contribution >= 0.6 is 0 Å². The van der Waals surface area contributed by atoms with E-state index in [9.17, 15) is 9.59 Å². The molecule has 0 saturated heterocycles. The Labute approximate surface area is 164 Å². The quantitative estimate of drug-likeness (QED) is 0.653. The molecular formula is C23H22N2O3. The molecule has 0 spiro atoms. The predicted octanol–water partition coefficient (Wildman–Crippen LogP) is 4.76. The number of amides is 2. The van der Waals surface area contributed by atoms with Crippen molar-refractivity contribution in [3.05, 3.63) is 89.5 Å². The number of aryl methyl sites for hydroxylation is 1. The maximum absolute atomic E-state index is 12.4. The molecule has 0 heterocycles. The van der Waals surface area contributed by atoms with E-state index in [1.807, 2.05) is 24.3 Å². The minimum Gasteiger partial charge on any atom is -0.497 e. The lowest BCUT2D eigenvalue weighted by Crippen LogP contribution is -2.13. The summed E-state index contributed by atoms with van der Waals surface area (Å²) in [6.45, 7) is 2.09. The number of ether oxygens (including phenoxy) is 1. The number of methoxy groups -OCH3 is 1. The van der Waals surface area contributed by atoms with Crippen LogP contribution in [-0.2, 0) is 6.42 Å². The van der Waals surface area contributed by atoms with Gasteiger partial charge in [0, 0.05) is 22.5 Å². The highest BCUT2D eigenvalue weighted by Crippen LogP contribution is 2.16. The molecule has 5 heteroatoms. The highest BCUT2D eigenvalue weighted by Gasteiger charge is 2.09. The molecule has 0 aliphatic rings. The Bertz CT molecular complexity index is 947. The van der Waals surface area contributed by atoms with Crippen LogP contribution in [0.15, 0.2) is 72.8 Å². The molecule has 0 fully saturated rings. The minimum atomic E-state index is -0.226. The summed E-state index contributed by atoms with van der Waals surface area (Å²) in [4.78, 5) is 24.7. The molecule has 0 radical (unpaired) electrons. The van der Waals surface area contributed by atoms with Crippen molar-refractivity contribution in [2.75, 3.05) is 17.7 Å². The van der Waals surface area contributed by atoms with E-state index in [1.54, 1.807) is 55.6 Å². The fourth-order valence-electron chi connectivity index (χ4n) is 2.68. The number of carbonyl (C=O) groups excluding carboxylic acids is 2. The molecule has 3 rings (SSSR count). The van der Waals surface area contributed by atoms with Crippen LogP contribution in [0.2, 0.25) is 0 Å². The van der Waals surface area contributed by atoms with Crippen molar-refractivity contribution in [2.24, 2.45) is 0 Å². The Kier molecular flexibility index (Phi) is 6.07. The summed E-state index contributed by atoms with van der Waals surface area (Å²) < 4.78 is 5.09. The fraction of sp³-hybridized carbons (Fsp3) is 0.130. The van der Waals surface area contributed by atoms with Crippen molar-refractivity contribution in [1.82, 2.24) is 0 Å². The van der Waals surface area contributed by atoms with E-state index < -0.39 is 0 Å². The van der Waals surface area contributed by atoms with Crippen LogP contribution in [0, 0.1) is 0 Å². The Hall–Kier alpha value is -3.60. The summed E-state index contributed by atoms with van der Waals surface area (Å²) in [5.74, 6) is 0.268. The van der Waals surface area contributed by atoms with Crippen LogP contribution in [0.4, 0.5) is 11.4 Å². The molecule has 5 nitrogen and oxygen atoms in total. The summed E-state index contributed by atoms with van der Waals surface area (Å²) in [6, 6.07) is 21.4. The number of benzene rings is 3. The van der Waals surface area contributed by atoms with E-state index in [0.29, 0.717) is 22.6 Å². The minimum absolute atomic E-state index is 0.197. The molecule has 0 atom stereocenters. The summed E-state index contributed by atoms with van der Waals surface area (Å²) in [7, 11) is 1.58. The monoisotopic (exact) mass is 374 g/mol. The standard InChI is InChI=1S/C23H22N2O3/c1-3-16-4-10-19(11-5-16)24-22(26)17-6-12-20(13-7-17)25-23(27)18-8-14-21(28-2)15-9-18/h4-15H,3H2,1-2H3,(H,24,26)(H,25,27). The zero-order chi connectivity index (χ0) is 19.9. The maximum atomic E-state index is 12.4. The molecule has 0 bridgehead atoms. The fourth-order valence-corrected chi connectivity index (χ4v) is 2.68. The van der Waals surface area contributed by atoms with Crippen LogP contribution in [-0.4, -0.2) is 18.9 Å². The summed E-state index contributed by atoms with van der Waals surface area (Å²) in [5.41, 5.74) is 3.62. The van der Waals surface area contributed by atoms with Crippen LogP contribution in [0.1, 0.15) is 33.2 Å². The normalized spacial score (nSPS) is 10.2. The van der Waals surface area contributed by atoms with Gasteiger partial charge in [-0.05, 0) is 72.6 Å². The van der Waals surface area contributed by atoms with Gasteiger partial charge in [0.15, 0.2) is 0 Å². The first-order valence-corrected chi connectivity index (χ1v) is 9.05. The lowest BCUT2D eigenvalue weighted by atomic mass is 10.1. The van der Waals surface area contributed by atoms with Crippen molar-refractivity contribution in [3.8, 4) is 5.75 Å². The molecule has 142 valence electrons. The first-order chi connectivity index (χ1) is 13.6. The summed E-state index contributed by atoms with van der Waals surface area (Å²) >= 11 is 0. The number of hydrogen-bond donors (Lipinski definition) is 2. The van der Waals surface area contributed by atoms with E-state index in [2.05, 4.69) is 17.6 Å². The summed E-state index contributed by atoms with van der Waals surface area (Å²) in [6.07, 6.45) is 0.956. The Morgan fingerprint density at radius 3 is 1.57 bits per heavy atom. The lowest BCUT2D eigenvalue weighted by Gasteiger charge is -2.08. The highest BCUT2D eigenvalue weighted by molar-refractivity contribution is 6.06. The van der Waals surface area contributed by atoms with Gasteiger partial charge in [-0.25, -0.2) is 0 Å². The Morgan fingerprint density at radius 2 is 1.14 bits per heavy atom. The van der Waals surface area contributed by atoms with Crippen molar-refractivity contribution >= 4 is 23.2 Å². The van der Waals surface area contributed by atoms with Gasteiger partial charge in [0.1, 0.15) is 5.75 Å². The largest absolute Gasteiger partial charge is 0.497 e. The average molecular weight is 374 g/mol. The highest BCUT2D eigenvalue weighted by atomic mass is 16.5. The third kappa shape index (κ3) is 4.76. The van der Waals surface area contributed by atoms with E-state index in [1.165, 1.54) is 5.56 Å². The second-order valence-electron chi connectivity index (χ2n) is 6.26. The molecule has 0 unspecified atom stereocenters. The zero-order valence-corrected chi connectivity index (χ0v) is 15.9. The van der Waals surface area contributed by atoms with Gasteiger partial charge in [-0.2, -0.15) is 0 Å². The van der Waals surface area contributed by atoms with E-state index >= 15 is 0 Å². The van der Waals surface area contributed by atoms with Gasteiger partial charge in [0.25, 0.3) is 11.8 Å². The van der Waals surface area contributed by atoms with E-state index in [4.69, 9.17) is 4.74 Å². The van der Waals surface area contributed by atoms with Crippen LogP contribution in [0.3, 0.4) is 0 Å². The van der Waals surface area contributed by atoms with Gasteiger partial charge >= 0.3 is 0 Å². The number of anilines is 2. The average Bonchev–Trinajstić information content (AvgIpc) is 2.74.